The number of carbonyl (C=O) groups is 1. The number of ether oxygens (including phenoxy) is 1. The van der Waals surface area contributed by atoms with Gasteiger partial charge in [0.15, 0.2) is 5.78 Å². The first-order valence-electron chi connectivity index (χ1n) is 5.33. The predicted molar refractivity (Wildman–Crippen MR) is 66.3 cm³/mol. The molecule has 0 unspecified atom stereocenters. The van der Waals surface area contributed by atoms with Crippen LogP contribution < -0.4 is 10.5 Å². The Hall–Kier alpha value is -2.29. The van der Waals surface area contributed by atoms with Crippen LogP contribution in [0.1, 0.15) is 15.9 Å². The second kappa shape index (κ2) is 3.35. The molecule has 0 radical (unpaired) electrons. The van der Waals surface area contributed by atoms with Gasteiger partial charge in [-0.2, -0.15) is 0 Å². The maximum atomic E-state index is 12.1. The number of benzene rings is 2. The SMILES string of the molecule is COc1ccc2c(c1)-c1ccc(N)cc1C2=O. The molecule has 3 rings (SSSR count). The fraction of sp³-hybridized carbons (Fsp3) is 0.0714. The number of methoxy groups -OCH3 is 1. The summed E-state index contributed by atoms with van der Waals surface area (Å²) in [4.78, 5) is 12.1. The van der Waals surface area contributed by atoms with Gasteiger partial charge in [-0.15, -0.1) is 0 Å². The molecule has 0 amide bonds. The molecule has 84 valence electrons. The average molecular weight is 225 g/mol. The minimum atomic E-state index is 0.0324. The zero-order chi connectivity index (χ0) is 12.0. The van der Waals surface area contributed by atoms with Gasteiger partial charge in [0.1, 0.15) is 5.75 Å². The molecule has 2 aromatic carbocycles. The number of nitrogens with two attached hydrogens (primary N) is 1. The van der Waals surface area contributed by atoms with E-state index in [1.54, 1.807) is 31.4 Å². The van der Waals surface area contributed by atoms with Crippen molar-refractivity contribution in [2.24, 2.45) is 0 Å². The number of hydrogen-bond donors (Lipinski definition) is 1. The molecule has 1 aliphatic rings. The molecular weight excluding hydrogens is 214 g/mol. The summed E-state index contributed by atoms with van der Waals surface area (Å²) in [7, 11) is 1.61. The van der Waals surface area contributed by atoms with Crippen LogP contribution in [0, 0.1) is 0 Å². The standard InChI is InChI=1S/C14H11NO2/c1-17-9-3-5-11-12(7-9)10-4-2-8(15)6-13(10)14(11)16/h2-7H,15H2,1H3. The third-order valence-corrected chi connectivity index (χ3v) is 3.05. The van der Waals surface area contributed by atoms with E-state index in [1.807, 2.05) is 12.1 Å². The normalized spacial score (nSPS) is 12.2. The molecule has 17 heavy (non-hydrogen) atoms. The lowest BCUT2D eigenvalue weighted by Crippen LogP contribution is -1.96. The highest BCUT2D eigenvalue weighted by molar-refractivity contribution is 6.22. The Morgan fingerprint density at radius 1 is 0.941 bits per heavy atom. The van der Waals surface area contributed by atoms with Crippen LogP contribution in [0.5, 0.6) is 5.75 Å². The van der Waals surface area contributed by atoms with Gasteiger partial charge >= 0.3 is 0 Å². The lowest BCUT2D eigenvalue weighted by Gasteiger charge is -2.03. The Labute approximate surface area is 98.8 Å². The molecule has 2 aromatic rings. The van der Waals surface area contributed by atoms with Crippen molar-refractivity contribution in [2.45, 2.75) is 0 Å². The summed E-state index contributed by atoms with van der Waals surface area (Å²) in [6, 6.07) is 10.9. The van der Waals surface area contributed by atoms with Crippen LogP contribution in [-0.4, -0.2) is 12.9 Å². The van der Waals surface area contributed by atoms with Crippen LogP contribution in [0.2, 0.25) is 0 Å². The summed E-state index contributed by atoms with van der Waals surface area (Å²) in [6.45, 7) is 0. The van der Waals surface area contributed by atoms with Crippen molar-refractivity contribution in [3.63, 3.8) is 0 Å². The Bertz CT molecular complexity index is 632. The van der Waals surface area contributed by atoms with Crippen molar-refractivity contribution < 1.29 is 9.53 Å². The molecule has 0 aliphatic heterocycles. The number of fused-ring (bicyclic) bond motifs is 3. The Morgan fingerprint density at radius 2 is 1.71 bits per heavy atom. The quantitative estimate of drug-likeness (QED) is 0.647. The van der Waals surface area contributed by atoms with Crippen LogP contribution in [0.25, 0.3) is 11.1 Å². The van der Waals surface area contributed by atoms with Crippen molar-refractivity contribution >= 4 is 11.5 Å². The molecule has 0 saturated carbocycles. The summed E-state index contributed by atoms with van der Waals surface area (Å²) in [5, 5.41) is 0. The third kappa shape index (κ3) is 1.32. The van der Waals surface area contributed by atoms with E-state index in [9.17, 15) is 4.79 Å². The molecule has 0 bridgehead atoms. The maximum absolute atomic E-state index is 12.1. The first kappa shape index (κ1) is 9.90. The minimum absolute atomic E-state index is 0.0324. The number of anilines is 1. The number of hydrogen-bond acceptors (Lipinski definition) is 3. The molecule has 0 atom stereocenters. The van der Waals surface area contributed by atoms with Crippen LogP contribution in [-0.2, 0) is 0 Å². The molecule has 0 fully saturated rings. The van der Waals surface area contributed by atoms with Gasteiger partial charge < -0.3 is 10.5 Å². The topological polar surface area (TPSA) is 52.3 Å². The summed E-state index contributed by atoms with van der Waals surface area (Å²) in [6.07, 6.45) is 0. The summed E-state index contributed by atoms with van der Waals surface area (Å²) in [5.74, 6) is 0.783. The molecule has 0 saturated heterocycles. The highest BCUT2D eigenvalue weighted by Gasteiger charge is 2.26. The number of rotatable bonds is 1. The minimum Gasteiger partial charge on any atom is -0.497 e. The molecule has 0 heterocycles. The van der Waals surface area contributed by atoms with Gasteiger partial charge in [0.05, 0.1) is 7.11 Å². The lowest BCUT2D eigenvalue weighted by atomic mass is 10.1. The van der Waals surface area contributed by atoms with E-state index in [0.717, 1.165) is 16.9 Å². The van der Waals surface area contributed by atoms with E-state index in [1.165, 1.54) is 0 Å². The van der Waals surface area contributed by atoms with E-state index in [0.29, 0.717) is 16.8 Å². The molecule has 3 heteroatoms. The number of ketones is 1. The van der Waals surface area contributed by atoms with E-state index in [2.05, 4.69) is 0 Å². The Kier molecular flexibility index (Phi) is 1.95. The van der Waals surface area contributed by atoms with Gasteiger partial charge in [0.2, 0.25) is 0 Å². The van der Waals surface area contributed by atoms with Crippen molar-refractivity contribution in [1.29, 1.82) is 0 Å². The molecule has 3 nitrogen and oxygen atoms in total. The first-order valence-corrected chi connectivity index (χ1v) is 5.33. The molecule has 2 N–H and O–H groups in total. The van der Waals surface area contributed by atoms with Crippen LogP contribution in [0.15, 0.2) is 36.4 Å². The molecule has 0 spiro atoms. The molecular formula is C14H11NO2. The van der Waals surface area contributed by atoms with Crippen molar-refractivity contribution in [2.75, 3.05) is 12.8 Å². The van der Waals surface area contributed by atoms with E-state index < -0.39 is 0 Å². The maximum Gasteiger partial charge on any atom is 0.194 e. The summed E-state index contributed by atoms with van der Waals surface area (Å²) >= 11 is 0. The van der Waals surface area contributed by atoms with Crippen LogP contribution in [0.4, 0.5) is 5.69 Å². The van der Waals surface area contributed by atoms with Crippen LogP contribution >= 0.6 is 0 Å². The largest absolute Gasteiger partial charge is 0.497 e. The average Bonchev–Trinajstić information content (AvgIpc) is 2.62. The highest BCUT2D eigenvalue weighted by Crippen LogP contribution is 2.39. The van der Waals surface area contributed by atoms with Gasteiger partial charge in [-0.3, -0.25) is 4.79 Å². The second-order valence-corrected chi connectivity index (χ2v) is 4.05. The summed E-state index contributed by atoms with van der Waals surface area (Å²) < 4.78 is 5.18. The van der Waals surface area contributed by atoms with Gasteiger partial charge in [0, 0.05) is 16.8 Å². The molecule has 1 aliphatic carbocycles. The van der Waals surface area contributed by atoms with Crippen molar-refractivity contribution in [1.82, 2.24) is 0 Å². The summed E-state index contributed by atoms with van der Waals surface area (Å²) in [5.41, 5.74) is 9.55. The van der Waals surface area contributed by atoms with E-state index >= 15 is 0 Å². The zero-order valence-corrected chi connectivity index (χ0v) is 9.36. The van der Waals surface area contributed by atoms with Gasteiger partial charge in [0.25, 0.3) is 0 Å². The van der Waals surface area contributed by atoms with Crippen LogP contribution in [0.3, 0.4) is 0 Å². The smallest absolute Gasteiger partial charge is 0.194 e. The monoisotopic (exact) mass is 225 g/mol. The number of nitrogen functional groups attached to an aromatic ring is 1. The number of carbonyl (C=O) groups excluding carboxylic acids is 1. The van der Waals surface area contributed by atoms with Crippen molar-refractivity contribution in [3.8, 4) is 16.9 Å². The van der Waals surface area contributed by atoms with E-state index in [-0.39, 0.29) is 5.78 Å². The zero-order valence-electron chi connectivity index (χ0n) is 9.36. The highest BCUT2D eigenvalue weighted by atomic mass is 16.5. The first-order chi connectivity index (χ1) is 8.20. The second-order valence-electron chi connectivity index (χ2n) is 4.05. The molecule has 0 aromatic heterocycles. The Morgan fingerprint density at radius 3 is 2.47 bits per heavy atom. The lowest BCUT2D eigenvalue weighted by molar-refractivity contribution is 0.104. The van der Waals surface area contributed by atoms with Gasteiger partial charge in [-0.05, 0) is 41.5 Å². The fourth-order valence-corrected chi connectivity index (χ4v) is 2.20. The van der Waals surface area contributed by atoms with Gasteiger partial charge in [-0.25, -0.2) is 0 Å². The fourth-order valence-electron chi connectivity index (χ4n) is 2.20. The Balaban J connectivity index is 2.29. The predicted octanol–water partition coefficient (Wildman–Crippen LogP) is 2.49. The van der Waals surface area contributed by atoms with Crippen molar-refractivity contribution in [3.05, 3.63) is 47.5 Å². The van der Waals surface area contributed by atoms with Gasteiger partial charge in [-0.1, -0.05) is 6.07 Å². The van der Waals surface area contributed by atoms with E-state index in [4.69, 9.17) is 10.5 Å². The third-order valence-electron chi connectivity index (χ3n) is 3.05.